The van der Waals surface area contributed by atoms with Gasteiger partial charge in [0.25, 0.3) is 5.91 Å². The number of rotatable bonds is 4. The quantitative estimate of drug-likeness (QED) is 0.857. The molecule has 0 unspecified atom stereocenters. The van der Waals surface area contributed by atoms with E-state index in [1.807, 2.05) is 12.1 Å². The van der Waals surface area contributed by atoms with Crippen LogP contribution < -0.4 is 5.32 Å². The van der Waals surface area contributed by atoms with E-state index in [2.05, 4.69) is 17.1 Å². The van der Waals surface area contributed by atoms with E-state index < -0.39 is 0 Å². The van der Waals surface area contributed by atoms with Gasteiger partial charge in [-0.25, -0.2) is 0 Å². The summed E-state index contributed by atoms with van der Waals surface area (Å²) in [5, 5.41) is 3.18. The summed E-state index contributed by atoms with van der Waals surface area (Å²) >= 11 is 0. The van der Waals surface area contributed by atoms with Gasteiger partial charge < -0.3 is 9.73 Å². The number of piperidine rings is 3. The number of furan rings is 1. The molecule has 3 saturated heterocycles. The lowest BCUT2D eigenvalue weighted by Gasteiger charge is -2.49. The van der Waals surface area contributed by atoms with Crippen LogP contribution in [0.4, 0.5) is 0 Å². The first kappa shape index (κ1) is 17.0. The van der Waals surface area contributed by atoms with Gasteiger partial charge in [0, 0.05) is 23.2 Å². The van der Waals surface area contributed by atoms with Gasteiger partial charge in [-0.3, -0.25) is 14.5 Å². The van der Waals surface area contributed by atoms with Crippen molar-refractivity contribution >= 4 is 11.7 Å². The van der Waals surface area contributed by atoms with E-state index in [1.54, 1.807) is 24.3 Å². The predicted molar refractivity (Wildman–Crippen MR) is 99.2 cm³/mol. The molecule has 1 N–H and O–H groups in total. The number of nitrogens with zero attached hydrogens (tertiary/aromatic N) is 1. The van der Waals surface area contributed by atoms with Gasteiger partial charge in [0.1, 0.15) is 5.76 Å². The summed E-state index contributed by atoms with van der Waals surface area (Å²) in [6.07, 6.45) is 2.30. The first-order valence-electron chi connectivity index (χ1n) is 9.29. The summed E-state index contributed by atoms with van der Waals surface area (Å²) in [5.41, 5.74) is 1.43. The second kappa shape index (κ2) is 6.72. The van der Waals surface area contributed by atoms with Crippen molar-refractivity contribution in [2.75, 3.05) is 13.1 Å². The minimum atomic E-state index is -0.162. The molecule has 2 bridgehead atoms. The highest BCUT2D eigenvalue weighted by Gasteiger charge is 2.40. The van der Waals surface area contributed by atoms with Gasteiger partial charge in [-0.1, -0.05) is 18.2 Å². The predicted octanol–water partition coefficient (Wildman–Crippen LogP) is 3.36. The fraction of sp³-hybridized carbons (Fsp3) is 0.429. The molecule has 1 aromatic heterocycles. The minimum Gasteiger partial charge on any atom is -0.451 e. The minimum absolute atomic E-state index is 0.00714. The largest absolute Gasteiger partial charge is 0.451 e. The maximum atomic E-state index is 12.7. The Balaban J connectivity index is 1.50. The van der Waals surface area contributed by atoms with Crippen molar-refractivity contribution in [3.63, 3.8) is 0 Å². The number of Topliss-reactive ketones (excluding diaryl/α,β-unsaturated/α-hetero) is 1. The molecule has 0 spiro atoms. The zero-order valence-corrected chi connectivity index (χ0v) is 15.2. The Morgan fingerprint density at radius 3 is 2.62 bits per heavy atom. The third-order valence-corrected chi connectivity index (χ3v) is 5.86. The highest BCUT2D eigenvalue weighted by atomic mass is 16.3. The number of amides is 1. The number of benzene rings is 1. The average Bonchev–Trinajstić information content (AvgIpc) is 3.15. The topological polar surface area (TPSA) is 62.6 Å². The van der Waals surface area contributed by atoms with Gasteiger partial charge in [-0.05, 0) is 63.9 Å². The molecule has 1 aromatic carbocycles. The van der Waals surface area contributed by atoms with E-state index in [-0.39, 0.29) is 17.7 Å². The summed E-state index contributed by atoms with van der Waals surface area (Å²) in [6, 6.07) is 11.3. The van der Waals surface area contributed by atoms with Crippen molar-refractivity contribution in [1.82, 2.24) is 10.2 Å². The van der Waals surface area contributed by atoms with Crippen LogP contribution in [0.15, 0.2) is 40.8 Å². The smallest absolute Gasteiger partial charge is 0.287 e. The van der Waals surface area contributed by atoms with Crippen LogP contribution in [0.2, 0.25) is 0 Å². The van der Waals surface area contributed by atoms with Crippen LogP contribution in [-0.2, 0) is 0 Å². The first-order chi connectivity index (χ1) is 12.5. The maximum absolute atomic E-state index is 12.7. The lowest BCUT2D eigenvalue weighted by molar-refractivity contribution is 0.0211. The van der Waals surface area contributed by atoms with E-state index in [9.17, 15) is 9.59 Å². The lowest BCUT2D eigenvalue weighted by atomic mass is 9.79. The van der Waals surface area contributed by atoms with Crippen LogP contribution in [0.5, 0.6) is 0 Å². The molecule has 3 fully saturated rings. The summed E-state index contributed by atoms with van der Waals surface area (Å²) in [7, 11) is 0. The monoisotopic (exact) mass is 352 g/mol. The van der Waals surface area contributed by atoms with Gasteiger partial charge in [0.2, 0.25) is 0 Å². The van der Waals surface area contributed by atoms with Gasteiger partial charge in [-0.2, -0.15) is 0 Å². The first-order valence-corrected chi connectivity index (χ1v) is 9.29. The van der Waals surface area contributed by atoms with Crippen LogP contribution in [0.3, 0.4) is 0 Å². The summed E-state index contributed by atoms with van der Waals surface area (Å²) in [4.78, 5) is 26.7. The van der Waals surface area contributed by atoms with Crippen LogP contribution in [-0.4, -0.2) is 41.8 Å². The zero-order chi connectivity index (χ0) is 18.3. The molecule has 3 aliphatic rings. The van der Waals surface area contributed by atoms with E-state index in [0.717, 1.165) is 31.5 Å². The molecular weight excluding hydrogens is 328 g/mol. The fourth-order valence-electron chi connectivity index (χ4n) is 4.27. The molecular formula is C21H24N2O3. The molecule has 0 radical (unpaired) electrons. The Morgan fingerprint density at radius 2 is 1.92 bits per heavy atom. The Kier molecular flexibility index (Phi) is 4.41. The molecule has 0 saturated carbocycles. The van der Waals surface area contributed by atoms with Crippen molar-refractivity contribution in [3.8, 4) is 11.3 Å². The molecule has 2 aromatic rings. The molecule has 26 heavy (non-hydrogen) atoms. The number of carbonyl (C=O) groups is 2. The third kappa shape index (κ3) is 3.07. The fourth-order valence-corrected chi connectivity index (χ4v) is 4.27. The molecule has 136 valence electrons. The van der Waals surface area contributed by atoms with Gasteiger partial charge in [0.05, 0.1) is 0 Å². The van der Waals surface area contributed by atoms with Crippen LogP contribution in [0.25, 0.3) is 11.3 Å². The van der Waals surface area contributed by atoms with E-state index in [4.69, 9.17) is 4.42 Å². The number of nitrogens with one attached hydrogen (secondary N) is 1. The third-order valence-electron chi connectivity index (χ3n) is 5.86. The molecule has 5 heteroatoms. The normalized spacial score (nSPS) is 27.3. The molecule has 1 amide bonds. The van der Waals surface area contributed by atoms with Crippen molar-refractivity contribution in [2.24, 2.45) is 5.92 Å². The SMILES string of the molecule is CC(=O)c1cccc(-c2ccc(C(=O)N[C@@H]3C4CCN(CC4)[C@H]3C)o2)c1. The van der Waals surface area contributed by atoms with Crippen molar-refractivity contribution in [2.45, 2.75) is 38.8 Å². The maximum Gasteiger partial charge on any atom is 0.287 e. The Bertz CT molecular complexity index is 831. The molecule has 4 heterocycles. The number of fused-ring (bicyclic) bond motifs is 3. The number of ketones is 1. The number of carbonyl (C=O) groups excluding carboxylic acids is 2. The standard InChI is InChI=1S/C21H24N2O3/c1-13-20(15-8-10-23(13)11-9-15)22-21(25)19-7-6-18(26-19)17-5-3-4-16(12-17)14(2)24/h3-7,12-13,15,20H,8-11H2,1-2H3,(H,22,25)/t13-,20-/m0/s1. The van der Waals surface area contributed by atoms with Crippen molar-refractivity contribution < 1.29 is 14.0 Å². The zero-order valence-electron chi connectivity index (χ0n) is 15.2. The van der Waals surface area contributed by atoms with Crippen LogP contribution >= 0.6 is 0 Å². The Morgan fingerprint density at radius 1 is 1.15 bits per heavy atom. The second-order valence-electron chi connectivity index (χ2n) is 7.41. The van der Waals surface area contributed by atoms with E-state index in [1.165, 1.54) is 6.92 Å². The van der Waals surface area contributed by atoms with Gasteiger partial charge >= 0.3 is 0 Å². The summed E-state index contributed by atoms with van der Waals surface area (Å²) in [6.45, 7) is 6.00. The van der Waals surface area contributed by atoms with Gasteiger partial charge in [0.15, 0.2) is 11.5 Å². The number of hydrogen-bond donors (Lipinski definition) is 1. The lowest BCUT2D eigenvalue weighted by Crippen LogP contribution is -2.62. The second-order valence-corrected chi connectivity index (χ2v) is 7.41. The van der Waals surface area contributed by atoms with Gasteiger partial charge in [-0.15, -0.1) is 0 Å². The molecule has 3 aliphatic heterocycles. The highest BCUT2D eigenvalue weighted by Crippen LogP contribution is 2.32. The average molecular weight is 352 g/mol. The number of hydrogen-bond acceptors (Lipinski definition) is 4. The Hall–Kier alpha value is -2.40. The summed E-state index contributed by atoms with van der Waals surface area (Å²) in [5.74, 6) is 1.31. The Labute approximate surface area is 153 Å². The van der Waals surface area contributed by atoms with Crippen molar-refractivity contribution in [1.29, 1.82) is 0 Å². The van der Waals surface area contributed by atoms with Crippen LogP contribution in [0, 0.1) is 5.92 Å². The van der Waals surface area contributed by atoms with E-state index >= 15 is 0 Å². The molecule has 2 atom stereocenters. The van der Waals surface area contributed by atoms with Crippen molar-refractivity contribution in [3.05, 3.63) is 47.7 Å². The highest BCUT2D eigenvalue weighted by molar-refractivity contribution is 5.95. The van der Waals surface area contributed by atoms with E-state index in [0.29, 0.717) is 29.0 Å². The van der Waals surface area contributed by atoms with Crippen LogP contribution in [0.1, 0.15) is 47.6 Å². The molecule has 5 rings (SSSR count). The molecule has 5 nitrogen and oxygen atoms in total. The summed E-state index contributed by atoms with van der Waals surface area (Å²) < 4.78 is 5.79. The molecule has 0 aliphatic carbocycles.